The third-order valence-electron chi connectivity index (χ3n) is 4.25. The predicted octanol–water partition coefficient (Wildman–Crippen LogP) is 3.47. The largest absolute Gasteiger partial charge is 0.369 e. The molecule has 2 aromatic heterocycles. The molecule has 0 aliphatic heterocycles. The summed E-state index contributed by atoms with van der Waals surface area (Å²) in [5.41, 5.74) is 6.73. The van der Waals surface area contributed by atoms with Crippen LogP contribution in [0, 0.1) is 0 Å². The van der Waals surface area contributed by atoms with Crippen LogP contribution in [-0.4, -0.2) is 32.2 Å². The van der Waals surface area contributed by atoms with Crippen LogP contribution in [0.2, 0.25) is 0 Å². The highest BCUT2D eigenvalue weighted by atomic mass is 32.2. The Morgan fingerprint density at radius 2 is 1.97 bits per heavy atom. The van der Waals surface area contributed by atoms with E-state index in [9.17, 15) is 9.59 Å². The lowest BCUT2D eigenvalue weighted by Crippen LogP contribution is -2.22. The fraction of sp³-hybridized carbons (Fsp3) is 0.316. The summed E-state index contributed by atoms with van der Waals surface area (Å²) < 4.78 is 0.710. The average molecular weight is 448 g/mol. The van der Waals surface area contributed by atoms with Crippen molar-refractivity contribution in [3.05, 3.63) is 52.0 Å². The average Bonchev–Trinajstić information content (AvgIpc) is 3.32. The normalized spacial score (nSPS) is 12.5. The number of primary amides is 1. The van der Waals surface area contributed by atoms with Gasteiger partial charge in [-0.1, -0.05) is 53.4 Å². The highest BCUT2D eigenvalue weighted by Gasteiger charge is 2.27. The molecule has 29 heavy (non-hydrogen) atoms. The summed E-state index contributed by atoms with van der Waals surface area (Å²) in [5.74, 6) is -0.606. The van der Waals surface area contributed by atoms with Crippen molar-refractivity contribution in [1.82, 2.24) is 15.2 Å². The Hall–Kier alpha value is -2.30. The molecule has 0 aliphatic carbocycles. The van der Waals surface area contributed by atoms with Gasteiger partial charge in [0.1, 0.15) is 5.01 Å². The van der Waals surface area contributed by atoms with Gasteiger partial charge in [0.15, 0.2) is 4.34 Å². The number of thiazole rings is 1. The van der Waals surface area contributed by atoms with Crippen molar-refractivity contribution in [3.63, 3.8) is 0 Å². The molecule has 10 heteroatoms. The third kappa shape index (κ3) is 5.40. The Morgan fingerprint density at radius 3 is 2.66 bits per heavy atom. The van der Waals surface area contributed by atoms with E-state index in [4.69, 9.17) is 5.73 Å². The first-order valence-corrected chi connectivity index (χ1v) is 11.4. The second kappa shape index (κ2) is 9.02. The maximum Gasteiger partial charge on any atom is 0.232 e. The van der Waals surface area contributed by atoms with Crippen LogP contribution in [-0.2, 0) is 21.4 Å². The topological polar surface area (TPSA) is 111 Å². The van der Waals surface area contributed by atoms with Gasteiger partial charge in [0.2, 0.25) is 16.9 Å². The number of rotatable bonds is 8. The smallest absolute Gasteiger partial charge is 0.232 e. The molecule has 152 valence electrons. The Morgan fingerprint density at radius 1 is 1.24 bits per heavy atom. The summed E-state index contributed by atoms with van der Waals surface area (Å²) in [6.07, 6.45) is 0.124. The third-order valence-corrected chi connectivity index (χ3v) is 7.55. The molecule has 2 amide bonds. The Labute approximate surface area is 181 Å². The van der Waals surface area contributed by atoms with Crippen molar-refractivity contribution in [1.29, 1.82) is 0 Å². The lowest BCUT2D eigenvalue weighted by Gasteiger charge is -2.21. The number of nitrogens with two attached hydrogens (primary N) is 1. The summed E-state index contributed by atoms with van der Waals surface area (Å²) in [6, 6.07) is 10.1. The van der Waals surface area contributed by atoms with Crippen molar-refractivity contribution in [2.75, 3.05) is 5.32 Å². The van der Waals surface area contributed by atoms with Crippen LogP contribution in [0.4, 0.5) is 5.13 Å². The first kappa shape index (κ1) is 21.4. The number of nitrogens with one attached hydrogen (secondary N) is 1. The van der Waals surface area contributed by atoms with E-state index in [0.717, 1.165) is 10.6 Å². The van der Waals surface area contributed by atoms with Gasteiger partial charge in [0, 0.05) is 10.8 Å². The number of benzene rings is 1. The SMILES string of the molecule is CC(Sc1nc(CC(=O)Nc2nnc(C(C)(C)c3ccccc3)s2)cs1)C(N)=O. The molecule has 3 rings (SSSR count). The lowest BCUT2D eigenvalue weighted by molar-refractivity contribution is -0.117. The Balaban J connectivity index is 1.61. The quantitative estimate of drug-likeness (QED) is 0.512. The van der Waals surface area contributed by atoms with Crippen LogP contribution in [0.5, 0.6) is 0 Å². The van der Waals surface area contributed by atoms with Crippen molar-refractivity contribution >= 4 is 51.4 Å². The van der Waals surface area contributed by atoms with E-state index in [1.807, 2.05) is 18.2 Å². The number of hydrogen-bond acceptors (Lipinski definition) is 8. The fourth-order valence-corrected chi connectivity index (χ4v) is 5.28. The van der Waals surface area contributed by atoms with Crippen LogP contribution in [0.25, 0.3) is 0 Å². The van der Waals surface area contributed by atoms with Crippen LogP contribution < -0.4 is 11.1 Å². The molecule has 0 fully saturated rings. The molecule has 0 aliphatic rings. The first-order valence-electron chi connectivity index (χ1n) is 8.85. The molecule has 1 unspecified atom stereocenters. The molecule has 0 saturated carbocycles. The molecular formula is C19H21N5O2S3. The van der Waals surface area contributed by atoms with Crippen LogP contribution in [0.1, 0.15) is 37.0 Å². The highest BCUT2D eigenvalue weighted by molar-refractivity contribution is 8.02. The fourth-order valence-electron chi connectivity index (χ4n) is 2.47. The first-order chi connectivity index (χ1) is 13.8. The second-order valence-corrected chi connectivity index (χ2v) is 10.3. The van der Waals surface area contributed by atoms with Gasteiger partial charge < -0.3 is 11.1 Å². The molecule has 1 atom stereocenters. The van der Waals surface area contributed by atoms with E-state index in [2.05, 4.69) is 46.5 Å². The van der Waals surface area contributed by atoms with Crippen LogP contribution in [0.15, 0.2) is 40.1 Å². The van der Waals surface area contributed by atoms with Crippen LogP contribution >= 0.6 is 34.4 Å². The summed E-state index contributed by atoms with van der Waals surface area (Å²) >= 11 is 4.04. The van der Waals surface area contributed by atoms with Gasteiger partial charge in [-0.3, -0.25) is 9.59 Å². The molecule has 3 N–H and O–H groups in total. The van der Waals surface area contributed by atoms with Gasteiger partial charge in [-0.05, 0) is 26.3 Å². The van der Waals surface area contributed by atoms with E-state index in [-0.39, 0.29) is 23.0 Å². The number of amides is 2. The van der Waals surface area contributed by atoms with E-state index >= 15 is 0 Å². The maximum atomic E-state index is 12.4. The van der Waals surface area contributed by atoms with Gasteiger partial charge in [-0.25, -0.2) is 4.98 Å². The minimum absolute atomic E-state index is 0.124. The molecule has 2 heterocycles. The van der Waals surface area contributed by atoms with Crippen molar-refractivity contribution in [3.8, 4) is 0 Å². The number of aromatic nitrogens is 3. The minimum Gasteiger partial charge on any atom is -0.369 e. The summed E-state index contributed by atoms with van der Waals surface area (Å²) in [4.78, 5) is 27.9. The second-order valence-electron chi connectivity index (χ2n) is 6.90. The lowest BCUT2D eigenvalue weighted by atomic mass is 9.85. The predicted molar refractivity (Wildman–Crippen MR) is 117 cm³/mol. The molecule has 0 radical (unpaired) electrons. The highest BCUT2D eigenvalue weighted by Crippen LogP contribution is 2.34. The zero-order valence-electron chi connectivity index (χ0n) is 16.2. The zero-order valence-corrected chi connectivity index (χ0v) is 18.7. The van der Waals surface area contributed by atoms with Gasteiger partial charge in [-0.2, -0.15) is 0 Å². The van der Waals surface area contributed by atoms with Crippen molar-refractivity contribution in [2.45, 2.75) is 42.2 Å². The van der Waals surface area contributed by atoms with Gasteiger partial charge in [0.05, 0.1) is 17.4 Å². The minimum atomic E-state index is -0.394. The molecule has 0 bridgehead atoms. The monoisotopic (exact) mass is 447 g/mol. The van der Waals surface area contributed by atoms with E-state index in [0.29, 0.717) is 15.2 Å². The molecule has 1 aromatic carbocycles. The van der Waals surface area contributed by atoms with Crippen molar-refractivity contribution < 1.29 is 9.59 Å². The summed E-state index contributed by atoms with van der Waals surface area (Å²) in [7, 11) is 0. The number of nitrogens with zero attached hydrogens (tertiary/aromatic N) is 3. The van der Waals surface area contributed by atoms with E-state index < -0.39 is 5.91 Å². The van der Waals surface area contributed by atoms with Crippen LogP contribution in [0.3, 0.4) is 0 Å². The van der Waals surface area contributed by atoms with Crippen molar-refractivity contribution in [2.24, 2.45) is 5.73 Å². The molecule has 3 aromatic rings. The van der Waals surface area contributed by atoms with Gasteiger partial charge >= 0.3 is 0 Å². The number of carbonyl (C=O) groups excluding carboxylic acids is 2. The molecule has 7 nitrogen and oxygen atoms in total. The standard InChI is InChI=1S/C19H21N5O2S3/c1-11(15(20)26)28-18-21-13(10-27-18)9-14(25)22-17-24-23-16(29-17)19(2,3)12-7-5-4-6-8-12/h4-8,10-11H,9H2,1-3H3,(H2,20,26)(H,22,24,25). The number of thioether (sulfide) groups is 1. The number of anilines is 1. The summed E-state index contributed by atoms with van der Waals surface area (Å²) in [5, 5.41) is 13.9. The number of hydrogen-bond donors (Lipinski definition) is 2. The zero-order chi connectivity index (χ0) is 21.0. The van der Waals surface area contributed by atoms with Gasteiger partial charge in [-0.15, -0.1) is 21.5 Å². The molecule has 0 spiro atoms. The maximum absolute atomic E-state index is 12.4. The van der Waals surface area contributed by atoms with E-state index in [1.54, 1.807) is 12.3 Å². The Kier molecular flexibility index (Phi) is 6.66. The molecular weight excluding hydrogens is 426 g/mol. The van der Waals surface area contributed by atoms with E-state index in [1.165, 1.54) is 34.4 Å². The van der Waals surface area contributed by atoms with Gasteiger partial charge in [0.25, 0.3) is 0 Å². The number of carbonyl (C=O) groups is 2. The summed E-state index contributed by atoms with van der Waals surface area (Å²) in [6.45, 7) is 5.89. The Bertz CT molecular complexity index is 1000. The molecule has 0 saturated heterocycles.